The van der Waals surface area contributed by atoms with E-state index in [0.717, 1.165) is 35.4 Å². The second-order valence-corrected chi connectivity index (χ2v) is 5.58. The maximum absolute atomic E-state index is 4.56. The highest BCUT2D eigenvalue weighted by molar-refractivity contribution is 7.13. The molecule has 100 valence electrons. The van der Waals surface area contributed by atoms with Crippen LogP contribution in [0.3, 0.4) is 0 Å². The quantitative estimate of drug-likeness (QED) is 0.902. The number of aryl methyl sites for hydroxylation is 1. The molecule has 1 atom stereocenters. The average Bonchev–Trinajstić information content (AvgIpc) is 2.92. The van der Waals surface area contributed by atoms with E-state index in [4.69, 9.17) is 0 Å². The van der Waals surface area contributed by atoms with Crippen molar-refractivity contribution in [2.75, 3.05) is 11.9 Å². The van der Waals surface area contributed by atoms with Crippen LogP contribution in [0.2, 0.25) is 0 Å². The van der Waals surface area contributed by atoms with Gasteiger partial charge >= 0.3 is 0 Å². The molecule has 0 radical (unpaired) electrons. The number of hydrogen-bond acceptors (Lipinski definition) is 6. The van der Waals surface area contributed by atoms with Gasteiger partial charge in [-0.3, -0.25) is 0 Å². The van der Waals surface area contributed by atoms with Gasteiger partial charge in [-0.1, -0.05) is 6.42 Å². The summed E-state index contributed by atoms with van der Waals surface area (Å²) in [6.07, 6.45) is 5.44. The Morgan fingerprint density at radius 3 is 3.05 bits per heavy atom. The number of anilines is 2. The lowest BCUT2D eigenvalue weighted by Crippen LogP contribution is -2.27. The molecule has 0 amide bonds. The summed E-state index contributed by atoms with van der Waals surface area (Å²) in [6, 6.07) is 2.38. The summed E-state index contributed by atoms with van der Waals surface area (Å²) >= 11 is 1.57. The van der Waals surface area contributed by atoms with E-state index in [1.807, 2.05) is 18.4 Å². The maximum Gasteiger partial charge on any atom is 0.188 e. The minimum absolute atomic E-state index is 0.354. The van der Waals surface area contributed by atoms with Crippen molar-refractivity contribution in [1.29, 1.82) is 0 Å². The molecule has 6 heteroatoms. The van der Waals surface area contributed by atoms with Crippen LogP contribution in [0.1, 0.15) is 36.8 Å². The van der Waals surface area contributed by atoms with E-state index in [-0.39, 0.29) is 0 Å². The molecule has 0 bridgehead atoms. The minimum atomic E-state index is 0.354. The Kier molecular flexibility index (Phi) is 3.70. The minimum Gasteiger partial charge on any atom is -0.316 e. The average molecular weight is 275 g/mol. The van der Waals surface area contributed by atoms with Crippen LogP contribution in [0, 0.1) is 6.92 Å². The van der Waals surface area contributed by atoms with E-state index in [1.54, 1.807) is 17.5 Å². The van der Waals surface area contributed by atoms with Crippen LogP contribution >= 0.6 is 11.3 Å². The number of hydrogen-bond donors (Lipinski definition) is 2. The lowest BCUT2D eigenvalue weighted by molar-refractivity contribution is 0.404. The van der Waals surface area contributed by atoms with E-state index in [1.165, 1.54) is 12.8 Å². The molecule has 2 N–H and O–H groups in total. The van der Waals surface area contributed by atoms with Gasteiger partial charge in [0.25, 0.3) is 0 Å². The van der Waals surface area contributed by atoms with E-state index < -0.39 is 0 Å². The fourth-order valence-electron chi connectivity index (χ4n) is 2.33. The Morgan fingerprint density at radius 1 is 1.37 bits per heavy atom. The highest BCUT2D eigenvalue weighted by Gasteiger charge is 2.17. The molecule has 3 rings (SSSR count). The van der Waals surface area contributed by atoms with Crippen molar-refractivity contribution in [1.82, 2.24) is 20.3 Å². The highest BCUT2D eigenvalue weighted by atomic mass is 32.1. The summed E-state index contributed by atoms with van der Waals surface area (Å²) in [5, 5.41) is 9.56. The molecule has 1 aliphatic rings. The van der Waals surface area contributed by atoms with Gasteiger partial charge in [-0.05, 0) is 26.3 Å². The first-order valence-corrected chi connectivity index (χ1v) is 7.45. The summed E-state index contributed by atoms with van der Waals surface area (Å²) < 4.78 is 0. The van der Waals surface area contributed by atoms with Gasteiger partial charge in [-0.15, -0.1) is 11.3 Å². The molecular formula is C13H17N5S. The highest BCUT2D eigenvalue weighted by Crippen LogP contribution is 2.24. The van der Waals surface area contributed by atoms with Crippen LogP contribution in [0.15, 0.2) is 17.6 Å². The fraction of sp³-hybridized carbons (Fsp3) is 0.462. The van der Waals surface area contributed by atoms with Crippen molar-refractivity contribution in [3.63, 3.8) is 0 Å². The van der Waals surface area contributed by atoms with Crippen molar-refractivity contribution in [2.24, 2.45) is 0 Å². The van der Waals surface area contributed by atoms with Crippen LogP contribution in [0.4, 0.5) is 10.9 Å². The Labute approximate surface area is 116 Å². The molecule has 0 unspecified atom stereocenters. The van der Waals surface area contributed by atoms with E-state index in [2.05, 4.69) is 25.6 Å². The summed E-state index contributed by atoms with van der Waals surface area (Å²) in [4.78, 5) is 13.2. The van der Waals surface area contributed by atoms with Crippen LogP contribution in [0.25, 0.3) is 0 Å². The predicted octanol–water partition coefficient (Wildman–Crippen LogP) is 2.80. The van der Waals surface area contributed by atoms with Crippen LogP contribution in [-0.4, -0.2) is 21.5 Å². The van der Waals surface area contributed by atoms with Gasteiger partial charge in [0, 0.05) is 23.7 Å². The molecule has 1 aliphatic heterocycles. The number of thiazole rings is 1. The van der Waals surface area contributed by atoms with Crippen LogP contribution in [-0.2, 0) is 0 Å². The second-order valence-electron chi connectivity index (χ2n) is 4.69. The van der Waals surface area contributed by atoms with E-state index >= 15 is 0 Å². The number of nitrogens with zero attached hydrogens (tertiary/aromatic N) is 3. The van der Waals surface area contributed by atoms with Gasteiger partial charge in [-0.25, -0.2) is 15.0 Å². The zero-order valence-corrected chi connectivity index (χ0v) is 11.7. The third kappa shape index (κ3) is 3.08. The third-order valence-corrected chi connectivity index (χ3v) is 3.88. The van der Waals surface area contributed by atoms with Gasteiger partial charge in [0.1, 0.15) is 11.6 Å². The molecule has 0 spiro atoms. The first-order chi connectivity index (χ1) is 9.31. The Hall–Kier alpha value is -1.53. The van der Waals surface area contributed by atoms with E-state index in [0.29, 0.717) is 6.04 Å². The number of piperidine rings is 1. The van der Waals surface area contributed by atoms with Crippen molar-refractivity contribution < 1.29 is 0 Å². The van der Waals surface area contributed by atoms with Gasteiger partial charge < -0.3 is 10.6 Å². The van der Waals surface area contributed by atoms with Crippen LogP contribution < -0.4 is 10.6 Å². The first kappa shape index (κ1) is 12.5. The van der Waals surface area contributed by atoms with Crippen LogP contribution in [0.5, 0.6) is 0 Å². The summed E-state index contributed by atoms with van der Waals surface area (Å²) in [5.74, 6) is 1.62. The second kappa shape index (κ2) is 5.63. The van der Waals surface area contributed by atoms with Gasteiger partial charge in [0.05, 0.1) is 5.69 Å². The predicted molar refractivity (Wildman–Crippen MR) is 76.8 cm³/mol. The standard InChI is InChI=1S/C13H17N5S/c1-9-16-11(10-4-2-3-5-14-10)8-12(17-9)18-13-15-6-7-19-13/h6-8,10,14H,2-5H2,1H3,(H,15,16,17,18)/t10-/m0/s1. The van der Waals surface area contributed by atoms with Crippen molar-refractivity contribution in [2.45, 2.75) is 32.2 Å². The molecule has 2 aromatic heterocycles. The van der Waals surface area contributed by atoms with Crippen molar-refractivity contribution in [3.05, 3.63) is 29.2 Å². The van der Waals surface area contributed by atoms with Gasteiger partial charge in [0.2, 0.25) is 0 Å². The summed E-state index contributed by atoms with van der Waals surface area (Å²) in [6.45, 7) is 3.00. The smallest absolute Gasteiger partial charge is 0.188 e. The molecule has 0 saturated carbocycles. The number of aromatic nitrogens is 3. The molecular weight excluding hydrogens is 258 g/mol. The maximum atomic E-state index is 4.56. The lowest BCUT2D eigenvalue weighted by Gasteiger charge is -2.23. The van der Waals surface area contributed by atoms with Gasteiger partial charge in [0.15, 0.2) is 5.13 Å². The molecule has 0 aliphatic carbocycles. The monoisotopic (exact) mass is 275 g/mol. The zero-order valence-electron chi connectivity index (χ0n) is 10.9. The third-order valence-electron chi connectivity index (χ3n) is 3.19. The first-order valence-electron chi connectivity index (χ1n) is 6.57. The summed E-state index contributed by atoms with van der Waals surface area (Å²) in [7, 11) is 0. The fourth-order valence-corrected chi connectivity index (χ4v) is 2.87. The Morgan fingerprint density at radius 2 is 2.32 bits per heavy atom. The molecule has 1 saturated heterocycles. The SMILES string of the molecule is Cc1nc(Nc2nccs2)cc([C@@H]2CCCCN2)n1. The zero-order chi connectivity index (χ0) is 13.1. The van der Waals surface area contributed by atoms with E-state index in [9.17, 15) is 0 Å². The Balaban J connectivity index is 1.82. The van der Waals surface area contributed by atoms with Crippen molar-refractivity contribution in [3.8, 4) is 0 Å². The molecule has 19 heavy (non-hydrogen) atoms. The molecule has 2 aromatic rings. The topological polar surface area (TPSA) is 62.7 Å². The number of nitrogens with one attached hydrogen (secondary N) is 2. The molecule has 1 fully saturated rings. The Bertz CT molecular complexity index is 534. The lowest BCUT2D eigenvalue weighted by atomic mass is 10.0. The van der Waals surface area contributed by atoms with Crippen molar-refractivity contribution >= 4 is 22.3 Å². The molecule has 3 heterocycles. The summed E-state index contributed by atoms with van der Waals surface area (Å²) in [5.41, 5.74) is 1.08. The normalized spacial score (nSPS) is 19.3. The largest absolute Gasteiger partial charge is 0.316 e. The molecule has 0 aromatic carbocycles. The number of rotatable bonds is 3. The van der Waals surface area contributed by atoms with Gasteiger partial charge in [-0.2, -0.15) is 0 Å². The molecule has 5 nitrogen and oxygen atoms in total.